The van der Waals surface area contributed by atoms with E-state index < -0.39 is 81.0 Å². The standard InChI is InChI=1S/C42H56O10/c1-36-12-9-24(45)15-22(36)6-8-29-28-11-14-41(52,34(50)21-44)38(28,3)19-32(48)42(29,36)31-17-25(46)16-23-5-7-26-27-10-13-40(51,33(49)20-43)37(27,2)18-30(47)35(26)39(23,31)4/h15-16,26-29,31-32,35,43-44,48,51-52H,5-14,17-21H2,1-4H3/t26-,27-,28-,29-,31?,32-,35+,36-,37-,38-,39+,40-,41-,42-/m0/s1. The molecule has 8 aliphatic carbocycles. The van der Waals surface area contributed by atoms with Gasteiger partial charge in [-0.3, -0.25) is 24.0 Å². The third-order valence-corrected chi connectivity index (χ3v) is 18.2. The van der Waals surface area contributed by atoms with E-state index in [4.69, 9.17) is 0 Å². The largest absolute Gasteiger partial charge is 0.392 e. The first-order chi connectivity index (χ1) is 24.3. The van der Waals surface area contributed by atoms with Gasteiger partial charge < -0.3 is 25.5 Å². The fourth-order valence-electron chi connectivity index (χ4n) is 15.9. The Bertz CT molecular complexity index is 1730. The van der Waals surface area contributed by atoms with Crippen LogP contribution in [0.25, 0.3) is 0 Å². The normalized spacial score (nSPS) is 52.3. The molecular weight excluding hydrogens is 664 g/mol. The van der Waals surface area contributed by atoms with Crippen molar-refractivity contribution in [3.63, 3.8) is 0 Å². The summed E-state index contributed by atoms with van der Waals surface area (Å²) in [5.74, 6) is -3.26. The van der Waals surface area contributed by atoms with Crippen LogP contribution < -0.4 is 0 Å². The lowest BCUT2D eigenvalue weighted by Gasteiger charge is -2.73. The summed E-state index contributed by atoms with van der Waals surface area (Å²) < 4.78 is 0. The highest BCUT2D eigenvalue weighted by Crippen LogP contribution is 2.79. The Kier molecular flexibility index (Phi) is 7.98. The average Bonchev–Trinajstić information content (AvgIpc) is 3.52. The Hall–Kier alpha value is -2.37. The van der Waals surface area contributed by atoms with Crippen molar-refractivity contribution in [3.05, 3.63) is 23.3 Å². The van der Waals surface area contributed by atoms with Crippen molar-refractivity contribution in [2.75, 3.05) is 13.2 Å². The van der Waals surface area contributed by atoms with Gasteiger partial charge in [0.25, 0.3) is 0 Å². The van der Waals surface area contributed by atoms with Crippen LogP contribution in [0, 0.1) is 62.6 Å². The van der Waals surface area contributed by atoms with Gasteiger partial charge in [-0.25, -0.2) is 0 Å². The number of carbonyl (C=O) groups is 5. The number of hydrogen-bond acceptors (Lipinski definition) is 10. The molecule has 0 aromatic rings. The maximum atomic E-state index is 15.0. The molecule has 0 spiro atoms. The minimum atomic E-state index is -1.82. The number of fused-ring (bicyclic) bond motifs is 10. The van der Waals surface area contributed by atoms with Crippen molar-refractivity contribution in [1.29, 1.82) is 0 Å². The topological polar surface area (TPSA) is 186 Å². The zero-order chi connectivity index (χ0) is 37.6. The highest BCUT2D eigenvalue weighted by Gasteiger charge is 2.78. The van der Waals surface area contributed by atoms with E-state index in [-0.39, 0.29) is 73.1 Å². The van der Waals surface area contributed by atoms with Gasteiger partial charge >= 0.3 is 0 Å². The Morgan fingerprint density at radius 2 is 1.33 bits per heavy atom. The summed E-state index contributed by atoms with van der Waals surface area (Å²) in [6.45, 7) is 6.37. The summed E-state index contributed by atoms with van der Waals surface area (Å²) in [6, 6.07) is 0. The first-order valence-electron chi connectivity index (χ1n) is 19.8. The van der Waals surface area contributed by atoms with E-state index in [0.717, 1.165) is 11.1 Å². The molecule has 10 heteroatoms. The van der Waals surface area contributed by atoms with E-state index in [2.05, 4.69) is 13.8 Å². The number of ketones is 5. The number of Topliss-reactive ketones (excluding diaryl/α,β-unsaturated/α-hetero) is 3. The number of rotatable bonds is 5. The Labute approximate surface area is 305 Å². The van der Waals surface area contributed by atoms with Crippen molar-refractivity contribution in [2.45, 2.75) is 128 Å². The lowest BCUT2D eigenvalue weighted by Crippen LogP contribution is -2.73. The van der Waals surface area contributed by atoms with Gasteiger partial charge in [-0.2, -0.15) is 0 Å². The predicted octanol–water partition coefficient (Wildman–Crippen LogP) is 3.38. The fourth-order valence-corrected chi connectivity index (χ4v) is 15.9. The second kappa shape index (κ2) is 11.3. The molecule has 8 rings (SSSR count). The zero-order valence-corrected chi connectivity index (χ0v) is 31.1. The molecule has 0 bridgehead atoms. The first kappa shape index (κ1) is 36.6. The minimum absolute atomic E-state index is 0.0302. The van der Waals surface area contributed by atoms with E-state index in [9.17, 15) is 44.7 Å². The number of carbonyl (C=O) groups excluding carboxylic acids is 5. The first-order valence-corrected chi connectivity index (χ1v) is 19.8. The zero-order valence-electron chi connectivity index (χ0n) is 31.1. The van der Waals surface area contributed by atoms with Crippen molar-refractivity contribution in [3.8, 4) is 0 Å². The maximum absolute atomic E-state index is 15.0. The van der Waals surface area contributed by atoms with Crippen molar-refractivity contribution >= 4 is 28.9 Å². The van der Waals surface area contributed by atoms with E-state index in [1.807, 2.05) is 13.8 Å². The Morgan fingerprint density at radius 1 is 0.731 bits per heavy atom. The molecule has 14 atom stereocenters. The third kappa shape index (κ3) is 4.01. The molecule has 0 radical (unpaired) electrons. The molecule has 52 heavy (non-hydrogen) atoms. The molecule has 0 aliphatic heterocycles. The van der Waals surface area contributed by atoms with Crippen molar-refractivity contribution < 1.29 is 49.5 Å². The average molecular weight is 721 g/mol. The quantitative estimate of drug-likeness (QED) is 0.282. The summed E-state index contributed by atoms with van der Waals surface area (Å²) in [7, 11) is 0. The summed E-state index contributed by atoms with van der Waals surface area (Å²) in [5.41, 5.74) is -6.41. The molecule has 284 valence electrons. The van der Waals surface area contributed by atoms with Crippen LogP contribution in [0.1, 0.15) is 111 Å². The van der Waals surface area contributed by atoms with Gasteiger partial charge in [-0.05, 0) is 111 Å². The van der Waals surface area contributed by atoms with E-state index in [0.29, 0.717) is 51.4 Å². The molecule has 0 heterocycles. The number of aliphatic hydroxyl groups excluding tert-OH is 3. The van der Waals surface area contributed by atoms with Gasteiger partial charge in [0.2, 0.25) is 0 Å². The molecule has 5 N–H and O–H groups in total. The lowest BCUT2D eigenvalue weighted by atomic mass is 9.30. The molecular formula is C42H56O10. The molecule has 10 nitrogen and oxygen atoms in total. The molecule has 0 aromatic carbocycles. The highest BCUT2D eigenvalue weighted by molar-refractivity contribution is 5.95. The second-order valence-electron chi connectivity index (χ2n) is 19.3. The number of allylic oxidation sites excluding steroid dienone is 2. The monoisotopic (exact) mass is 720 g/mol. The van der Waals surface area contributed by atoms with Gasteiger partial charge in [0.1, 0.15) is 30.2 Å². The predicted molar refractivity (Wildman–Crippen MR) is 187 cm³/mol. The number of hydrogen-bond donors (Lipinski definition) is 5. The van der Waals surface area contributed by atoms with E-state index in [1.165, 1.54) is 0 Å². The van der Waals surface area contributed by atoms with Crippen LogP contribution in [0.3, 0.4) is 0 Å². The second-order valence-corrected chi connectivity index (χ2v) is 19.3. The number of aliphatic hydroxyl groups is 5. The van der Waals surface area contributed by atoms with Crippen LogP contribution in [0.15, 0.2) is 23.3 Å². The minimum Gasteiger partial charge on any atom is -0.392 e. The Morgan fingerprint density at radius 3 is 1.98 bits per heavy atom. The smallest absolute Gasteiger partial charge is 0.190 e. The van der Waals surface area contributed by atoms with E-state index in [1.54, 1.807) is 12.2 Å². The van der Waals surface area contributed by atoms with Crippen molar-refractivity contribution in [2.24, 2.45) is 62.6 Å². The van der Waals surface area contributed by atoms with Gasteiger partial charge in [0, 0.05) is 46.8 Å². The molecule has 0 aromatic heterocycles. The van der Waals surface area contributed by atoms with E-state index >= 15 is 4.79 Å². The van der Waals surface area contributed by atoms with Crippen molar-refractivity contribution in [1.82, 2.24) is 0 Å². The summed E-state index contributed by atoms with van der Waals surface area (Å²) in [4.78, 5) is 68.5. The molecule has 1 unspecified atom stereocenters. The van der Waals surface area contributed by atoms with Crippen LogP contribution in [-0.2, 0) is 24.0 Å². The van der Waals surface area contributed by atoms with Crippen LogP contribution >= 0.6 is 0 Å². The third-order valence-electron chi connectivity index (χ3n) is 18.2. The van der Waals surface area contributed by atoms with Gasteiger partial charge in [-0.1, -0.05) is 38.8 Å². The lowest BCUT2D eigenvalue weighted by molar-refractivity contribution is -0.262. The fraction of sp³-hybridized carbons (Fsp3) is 0.786. The van der Waals surface area contributed by atoms with Gasteiger partial charge in [0.05, 0.1) is 6.10 Å². The maximum Gasteiger partial charge on any atom is 0.190 e. The highest BCUT2D eigenvalue weighted by atomic mass is 16.3. The van der Waals surface area contributed by atoms with Crippen LogP contribution in [0.5, 0.6) is 0 Å². The Balaban J connectivity index is 1.33. The molecule has 8 aliphatic rings. The van der Waals surface area contributed by atoms with Crippen LogP contribution in [0.4, 0.5) is 0 Å². The van der Waals surface area contributed by atoms with Crippen LogP contribution in [-0.4, -0.2) is 85.0 Å². The molecule has 0 saturated heterocycles. The molecule has 6 saturated carbocycles. The molecule has 6 fully saturated rings. The SMILES string of the molecule is C[C@]12CCC(=O)C=C1CC[C@H]1[C@@H]3CC[C@](O)(C(=O)CO)[C@@]3(C)C[C@H](O)[C@@]12C1CC(=O)C=C2CC[C@H]3[C@@H]4CC[C@](O)(C(=O)CO)[C@@]4(C)CC(=O)[C@@H]3[C@]21C. The molecule has 0 amide bonds. The van der Waals surface area contributed by atoms with Crippen LogP contribution in [0.2, 0.25) is 0 Å². The summed E-state index contributed by atoms with van der Waals surface area (Å²) in [5, 5.41) is 57.0. The van der Waals surface area contributed by atoms with Gasteiger partial charge in [0.15, 0.2) is 23.1 Å². The summed E-state index contributed by atoms with van der Waals surface area (Å²) >= 11 is 0. The van der Waals surface area contributed by atoms with Gasteiger partial charge in [-0.15, -0.1) is 0 Å². The summed E-state index contributed by atoms with van der Waals surface area (Å²) in [6.07, 6.45) is 7.08.